The summed E-state index contributed by atoms with van der Waals surface area (Å²) in [4.78, 5) is 0. The van der Waals surface area contributed by atoms with Gasteiger partial charge in [-0.2, -0.15) is 0 Å². The molecule has 1 N–H and O–H groups in total. The molecule has 92 valence electrons. The molecule has 0 aliphatic heterocycles. The van der Waals surface area contributed by atoms with Gasteiger partial charge in [0.05, 0.1) is 0 Å². The molecule has 3 rings (SSSR count). The second-order valence-electron chi connectivity index (χ2n) is 4.79. The predicted octanol–water partition coefficient (Wildman–Crippen LogP) is 4.26. The van der Waals surface area contributed by atoms with E-state index in [1.165, 1.54) is 24.0 Å². The summed E-state index contributed by atoms with van der Waals surface area (Å²) in [6.45, 7) is 0.923. The molecule has 0 bridgehead atoms. The van der Waals surface area contributed by atoms with Crippen LogP contribution in [-0.4, -0.2) is 6.04 Å². The molecular formula is C16H16ClN. The Morgan fingerprint density at radius 1 is 0.944 bits per heavy atom. The standard InChI is InChI=1S/C16H16ClN/c17-16-8-4-3-7-15(16)14-6-2-1-5-12(14)11-18-13-9-10-13/h1-8,13,18H,9-11H2. The minimum atomic E-state index is 0.726. The van der Waals surface area contributed by atoms with E-state index in [-0.39, 0.29) is 0 Å². The fourth-order valence-electron chi connectivity index (χ4n) is 2.16. The van der Waals surface area contributed by atoms with Gasteiger partial charge in [0.2, 0.25) is 0 Å². The van der Waals surface area contributed by atoms with Gasteiger partial charge in [0, 0.05) is 23.2 Å². The summed E-state index contributed by atoms with van der Waals surface area (Å²) in [5, 5.41) is 4.38. The lowest BCUT2D eigenvalue weighted by Gasteiger charge is -2.11. The lowest BCUT2D eigenvalue weighted by Crippen LogP contribution is -2.15. The van der Waals surface area contributed by atoms with Crippen LogP contribution in [0.3, 0.4) is 0 Å². The number of rotatable bonds is 4. The third-order valence-corrected chi connectivity index (χ3v) is 3.67. The van der Waals surface area contributed by atoms with Crippen molar-refractivity contribution in [3.8, 4) is 11.1 Å². The average Bonchev–Trinajstić information content (AvgIpc) is 3.22. The molecule has 1 aliphatic carbocycles. The lowest BCUT2D eigenvalue weighted by molar-refractivity contribution is 0.689. The first kappa shape index (κ1) is 11.8. The topological polar surface area (TPSA) is 12.0 Å². The normalized spacial score (nSPS) is 14.7. The number of benzene rings is 2. The van der Waals surface area contributed by atoms with E-state index >= 15 is 0 Å². The van der Waals surface area contributed by atoms with E-state index in [0.717, 1.165) is 23.2 Å². The van der Waals surface area contributed by atoms with E-state index in [4.69, 9.17) is 11.6 Å². The van der Waals surface area contributed by atoms with E-state index < -0.39 is 0 Å². The Morgan fingerprint density at radius 2 is 1.61 bits per heavy atom. The maximum Gasteiger partial charge on any atom is 0.0484 e. The molecule has 0 aromatic heterocycles. The number of nitrogens with one attached hydrogen (secondary N) is 1. The Balaban J connectivity index is 1.92. The molecule has 0 amide bonds. The summed E-state index contributed by atoms with van der Waals surface area (Å²) in [6.07, 6.45) is 2.63. The van der Waals surface area contributed by atoms with Crippen molar-refractivity contribution >= 4 is 11.6 Å². The van der Waals surface area contributed by atoms with Crippen molar-refractivity contribution in [3.63, 3.8) is 0 Å². The van der Waals surface area contributed by atoms with Gasteiger partial charge >= 0.3 is 0 Å². The Hall–Kier alpha value is -1.31. The molecule has 1 saturated carbocycles. The highest BCUT2D eigenvalue weighted by Gasteiger charge is 2.20. The summed E-state index contributed by atoms with van der Waals surface area (Å²) in [5.74, 6) is 0. The van der Waals surface area contributed by atoms with Crippen molar-refractivity contribution < 1.29 is 0 Å². The molecule has 0 radical (unpaired) electrons. The van der Waals surface area contributed by atoms with Crippen LogP contribution in [0.2, 0.25) is 5.02 Å². The molecule has 0 heterocycles. The number of hydrogen-bond acceptors (Lipinski definition) is 1. The monoisotopic (exact) mass is 257 g/mol. The van der Waals surface area contributed by atoms with Crippen molar-refractivity contribution in [1.29, 1.82) is 0 Å². The Labute approximate surface area is 113 Å². The number of hydrogen-bond donors (Lipinski definition) is 1. The third-order valence-electron chi connectivity index (χ3n) is 3.34. The molecule has 0 unspecified atom stereocenters. The highest BCUT2D eigenvalue weighted by Crippen LogP contribution is 2.30. The van der Waals surface area contributed by atoms with E-state index in [2.05, 4.69) is 35.6 Å². The summed E-state index contributed by atoms with van der Waals surface area (Å²) in [5.41, 5.74) is 3.67. The SMILES string of the molecule is Clc1ccccc1-c1ccccc1CNC1CC1. The van der Waals surface area contributed by atoms with E-state index in [0.29, 0.717) is 0 Å². The van der Waals surface area contributed by atoms with Crippen LogP contribution < -0.4 is 5.32 Å². The molecule has 1 aliphatic rings. The molecule has 2 heteroatoms. The van der Waals surface area contributed by atoms with Crippen LogP contribution in [0.1, 0.15) is 18.4 Å². The summed E-state index contributed by atoms with van der Waals surface area (Å²) in [7, 11) is 0. The van der Waals surface area contributed by atoms with Gasteiger partial charge in [0.25, 0.3) is 0 Å². The maximum absolute atomic E-state index is 6.29. The fraction of sp³-hybridized carbons (Fsp3) is 0.250. The van der Waals surface area contributed by atoms with Crippen molar-refractivity contribution in [3.05, 3.63) is 59.1 Å². The quantitative estimate of drug-likeness (QED) is 0.863. The molecule has 1 nitrogen and oxygen atoms in total. The third kappa shape index (κ3) is 2.58. The van der Waals surface area contributed by atoms with Gasteiger partial charge in [0.15, 0.2) is 0 Å². The molecule has 1 fully saturated rings. The van der Waals surface area contributed by atoms with Crippen LogP contribution in [0.25, 0.3) is 11.1 Å². The average molecular weight is 258 g/mol. The first-order chi connectivity index (χ1) is 8.84. The molecule has 0 saturated heterocycles. The van der Waals surface area contributed by atoms with Gasteiger partial charge in [-0.15, -0.1) is 0 Å². The van der Waals surface area contributed by atoms with Gasteiger partial charge in [0.1, 0.15) is 0 Å². The van der Waals surface area contributed by atoms with Crippen molar-refractivity contribution in [2.45, 2.75) is 25.4 Å². The summed E-state index contributed by atoms with van der Waals surface area (Å²) in [6, 6.07) is 17.2. The molecule has 2 aromatic carbocycles. The highest BCUT2D eigenvalue weighted by atomic mass is 35.5. The lowest BCUT2D eigenvalue weighted by atomic mass is 9.99. The zero-order valence-electron chi connectivity index (χ0n) is 10.2. The van der Waals surface area contributed by atoms with Gasteiger partial charge < -0.3 is 5.32 Å². The minimum Gasteiger partial charge on any atom is -0.310 e. The van der Waals surface area contributed by atoms with Crippen molar-refractivity contribution in [2.24, 2.45) is 0 Å². The van der Waals surface area contributed by atoms with Gasteiger partial charge in [-0.25, -0.2) is 0 Å². The largest absolute Gasteiger partial charge is 0.310 e. The van der Waals surface area contributed by atoms with Crippen LogP contribution in [-0.2, 0) is 6.54 Å². The van der Waals surface area contributed by atoms with Gasteiger partial charge in [-0.05, 0) is 30.0 Å². The van der Waals surface area contributed by atoms with Crippen molar-refractivity contribution in [2.75, 3.05) is 0 Å². The molecule has 18 heavy (non-hydrogen) atoms. The molecular weight excluding hydrogens is 242 g/mol. The molecule has 2 aromatic rings. The van der Waals surface area contributed by atoms with Gasteiger partial charge in [-0.1, -0.05) is 54.1 Å². The highest BCUT2D eigenvalue weighted by molar-refractivity contribution is 6.33. The van der Waals surface area contributed by atoms with Crippen LogP contribution in [0.4, 0.5) is 0 Å². The Bertz CT molecular complexity index is 546. The smallest absolute Gasteiger partial charge is 0.0484 e. The second kappa shape index (κ2) is 5.13. The van der Waals surface area contributed by atoms with E-state index in [1.54, 1.807) is 0 Å². The summed E-state index contributed by atoms with van der Waals surface area (Å²) < 4.78 is 0. The zero-order chi connectivity index (χ0) is 12.4. The molecule has 0 atom stereocenters. The van der Waals surface area contributed by atoms with Crippen molar-refractivity contribution in [1.82, 2.24) is 5.32 Å². The molecule has 0 spiro atoms. The Kier molecular flexibility index (Phi) is 3.35. The van der Waals surface area contributed by atoms with Gasteiger partial charge in [-0.3, -0.25) is 0 Å². The first-order valence-corrected chi connectivity index (χ1v) is 6.78. The fourth-order valence-corrected chi connectivity index (χ4v) is 2.40. The zero-order valence-corrected chi connectivity index (χ0v) is 11.0. The van der Waals surface area contributed by atoms with Crippen LogP contribution >= 0.6 is 11.6 Å². The minimum absolute atomic E-state index is 0.726. The number of halogens is 1. The van der Waals surface area contributed by atoms with E-state index in [1.807, 2.05) is 18.2 Å². The van der Waals surface area contributed by atoms with Crippen LogP contribution in [0, 0.1) is 0 Å². The second-order valence-corrected chi connectivity index (χ2v) is 5.20. The van der Waals surface area contributed by atoms with E-state index in [9.17, 15) is 0 Å². The maximum atomic E-state index is 6.29. The first-order valence-electron chi connectivity index (χ1n) is 6.41. The van der Waals surface area contributed by atoms with Crippen LogP contribution in [0.15, 0.2) is 48.5 Å². The Morgan fingerprint density at radius 3 is 2.33 bits per heavy atom. The summed E-state index contributed by atoms with van der Waals surface area (Å²) >= 11 is 6.29. The predicted molar refractivity (Wildman–Crippen MR) is 76.7 cm³/mol. The van der Waals surface area contributed by atoms with Crippen LogP contribution in [0.5, 0.6) is 0 Å².